The Morgan fingerprint density at radius 2 is 1.81 bits per heavy atom. The van der Waals surface area contributed by atoms with E-state index in [4.69, 9.17) is 11.6 Å². The molecule has 0 aromatic heterocycles. The van der Waals surface area contributed by atoms with Crippen LogP contribution < -0.4 is 0 Å². The fourth-order valence-corrected chi connectivity index (χ4v) is 3.37. The number of hydrogen-bond donors (Lipinski definition) is 0. The quantitative estimate of drug-likeness (QED) is 0.462. The van der Waals surface area contributed by atoms with E-state index in [1.165, 1.54) is 5.56 Å². The molecule has 0 radical (unpaired) electrons. The molecule has 3 nitrogen and oxygen atoms in total. The highest BCUT2D eigenvalue weighted by molar-refractivity contribution is 6.21. The molecule has 0 heterocycles. The normalized spacial score (nSPS) is 21.8. The van der Waals surface area contributed by atoms with Gasteiger partial charge in [-0.15, -0.1) is 11.6 Å². The highest BCUT2D eigenvalue weighted by Gasteiger charge is 2.43. The second-order valence-corrected chi connectivity index (χ2v) is 6.08. The summed E-state index contributed by atoms with van der Waals surface area (Å²) in [7, 11) is 0. The Morgan fingerprint density at radius 3 is 2.52 bits per heavy atom. The highest BCUT2D eigenvalue weighted by Crippen LogP contribution is 2.51. The van der Waals surface area contributed by atoms with Gasteiger partial charge in [0, 0.05) is 17.0 Å². The first kappa shape index (κ1) is 14.1. The molecule has 1 aliphatic rings. The molecule has 1 fully saturated rings. The Bertz CT molecular complexity index is 644. The maximum absolute atomic E-state index is 11.0. The van der Waals surface area contributed by atoms with Crippen molar-refractivity contribution in [2.75, 3.05) is 0 Å². The summed E-state index contributed by atoms with van der Waals surface area (Å²) in [6, 6.07) is 17.2. The maximum Gasteiger partial charge on any atom is 0.272 e. The minimum atomic E-state index is -0.333. The maximum atomic E-state index is 11.0. The minimum Gasteiger partial charge on any atom is -0.258 e. The second-order valence-electron chi connectivity index (χ2n) is 5.52. The van der Waals surface area contributed by atoms with Gasteiger partial charge in [0.1, 0.15) is 0 Å². The zero-order chi connectivity index (χ0) is 14.8. The second kappa shape index (κ2) is 5.86. The molecule has 3 atom stereocenters. The summed E-state index contributed by atoms with van der Waals surface area (Å²) in [4.78, 5) is 10.7. The predicted octanol–water partition coefficient (Wildman–Crippen LogP) is 4.55. The molecule has 2 aromatic carbocycles. The lowest BCUT2D eigenvalue weighted by molar-refractivity contribution is -0.385. The van der Waals surface area contributed by atoms with Crippen LogP contribution in [0.5, 0.6) is 0 Å². The summed E-state index contributed by atoms with van der Waals surface area (Å²) in [5.41, 5.74) is 2.21. The van der Waals surface area contributed by atoms with Gasteiger partial charge in [0.2, 0.25) is 0 Å². The molecule has 108 valence electrons. The van der Waals surface area contributed by atoms with Crippen LogP contribution in [0.3, 0.4) is 0 Å². The number of benzene rings is 2. The van der Waals surface area contributed by atoms with Gasteiger partial charge in [-0.05, 0) is 30.2 Å². The Kier molecular flexibility index (Phi) is 3.93. The summed E-state index contributed by atoms with van der Waals surface area (Å²) in [5, 5.41) is 11.0. The van der Waals surface area contributed by atoms with Crippen molar-refractivity contribution in [2.45, 2.75) is 24.1 Å². The van der Waals surface area contributed by atoms with Crippen molar-refractivity contribution in [1.82, 2.24) is 0 Å². The lowest BCUT2D eigenvalue weighted by Crippen LogP contribution is -2.09. The summed E-state index contributed by atoms with van der Waals surface area (Å²) in [5.74, 6) is 0.908. The molecular formula is C17H16ClNO2. The average molecular weight is 302 g/mol. The predicted molar refractivity (Wildman–Crippen MR) is 83.7 cm³/mol. The van der Waals surface area contributed by atoms with Gasteiger partial charge in [0.05, 0.1) is 4.92 Å². The van der Waals surface area contributed by atoms with Crippen molar-refractivity contribution < 1.29 is 4.92 Å². The van der Waals surface area contributed by atoms with E-state index < -0.39 is 0 Å². The number of nitro groups is 1. The third kappa shape index (κ3) is 3.08. The number of rotatable bonds is 5. The Labute approximate surface area is 128 Å². The average Bonchev–Trinajstić information content (AvgIpc) is 3.29. The van der Waals surface area contributed by atoms with Crippen LogP contribution in [-0.2, 0) is 6.42 Å². The van der Waals surface area contributed by atoms with E-state index in [9.17, 15) is 10.1 Å². The summed E-state index contributed by atoms with van der Waals surface area (Å²) < 4.78 is 0. The van der Waals surface area contributed by atoms with Crippen molar-refractivity contribution in [3.05, 3.63) is 75.8 Å². The minimum absolute atomic E-state index is 0.0590. The van der Waals surface area contributed by atoms with Crippen LogP contribution in [0.2, 0.25) is 0 Å². The molecule has 0 bridgehead atoms. The number of alkyl halides is 1. The summed E-state index contributed by atoms with van der Waals surface area (Å²) in [6.07, 6.45) is 1.62. The zero-order valence-electron chi connectivity index (χ0n) is 11.5. The van der Waals surface area contributed by atoms with Gasteiger partial charge in [-0.3, -0.25) is 10.1 Å². The molecular weight excluding hydrogens is 286 g/mol. The van der Waals surface area contributed by atoms with Crippen molar-refractivity contribution in [3.63, 3.8) is 0 Å². The fraction of sp³-hybridized carbons (Fsp3) is 0.294. The number of halogens is 1. The van der Waals surface area contributed by atoms with Crippen LogP contribution in [0.4, 0.5) is 5.69 Å². The van der Waals surface area contributed by atoms with Gasteiger partial charge in [0.15, 0.2) is 0 Å². The van der Waals surface area contributed by atoms with E-state index in [0.717, 1.165) is 12.0 Å². The molecule has 0 amide bonds. The SMILES string of the molecule is O=[N+]([O-])c1ccccc1CC(Cl)C1CC1c1ccccc1. The molecule has 3 unspecified atom stereocenters. The van der Waals surface area contributed by atoms with Crippen LogP contribution in [-0.4, -0.2) is 10.3 Å². The molecule has 1 saturated carbocycles. The number of nitro benzene ring substituents is 1. The van der Waals surface area contributed by atoms with Crippen molar-refractivity contribution in [3.8, 4) is 0 Å². The number of nitrogens with zero attached hydrogens (tertiary/aromatic N) is 1. The van der Waals surface area contributed by atoms with E-state index in [1.54, 1.807) is 18.2 Å². The lowest BCUT2D eigenvalue weighted by atomic mass is 10.0. The van der Waals surface area contributed by atoms with E-state index in [2.05, 4.69) is 12.1 Å². The van der Waals surface area contributed by atoms with Gasteiger partial charge in [-0.1, -0.05) is 48.5 Å². The number of hydrogen-bond acceptors (Lipinski definition) is 2. The standard InChI is InChI=1S/C17H16ClNO2/c18-16(10-13-8-4-5-9-17(13)19(20)21)15-11-14(15)12-6-2-1-3-7-12/h1-9,14-16H,10-11H2. The van der Waals surface area contributed by atoms with Gasteiger partial charge in [0.25, 0.3) is 5.69 Å². The van der Waals surface area contributed by atoms with E-state index >= 15 is 0 Å². The van der Waals surface area contributed by atoms with Crippen LogP contribution >= 0.6 is 11.6 Å². The topological polar surface area (TPSA) is 43.1 Å². The molecule has 3 rings (SSSR count). The Balaban J connectivity index is 1.69. The molecule has 1 aliphatic carbocycles. The van der Waals surface area contributed by atoms with Crippen molar-refractivity contribution >= 4 is 17.3 Å². The highest BCUT2D eigenvalue weighted by atomic mass is 35.5. The smallest absolute Gasteiger partial charge is 0.258 e. The van der Waals surface area contributed by atoms with E-state index in [-0.39, 0.29) is 16.0 Å². The van der Waals surface area contributed by atoms with Gasteiger partial charge < -0.3 is 0 Å². The van der Waals surface area contributed by atoms with E-state index in [1.807, 2.05) is 24.3 Å². The third-order valence-corrected chi connectivity index (χ3v) is 4.61. The Morgan fingerprint density at radius 1 is 1.14 bits per heavy atom. The molecule has 0 N–H and O–H groups in total. The molecule has 0 saturated heterocycles. The molecule has 0 aliphatic heterocycles. The van der Waals surface area contributed by atoms with E-state index in [0.29, 0.717) is 18.3 Å². The fourth-order valence-electron chi connectivity index (χ4n) is 2.92. The lowest BCUT2D eigenvalue weighted by Gasteiger charge is -2.09. The first-order valence-corrected chi connectivity index (χ1v) is 7.52. The summed E-state index contributed by atoms with van der Waals surface area (Å²) >= 11 is 6.51. The van der Waals surface area contributed by atoms with Crippen LogP contribution in [0.25, 0.3) is 0 Å². The van der Waals surface area contributed by atoms with Gasteiger partial charge in [-0.2, -0.15) is 0 Å². The zero-order valence-corrected chi connectivity index (χ0v) is 12.2. The van der Waals surface area contributed by atoms with Crippen molar-refractivity contribution in [2.24, 2.45) is 5.92 Å². The largest absolute Gasteiger partial charge is 0.272 e. The summed E-state index contributed by atoms with van der Waals surface area (Å²) in [6.45, 7) is 0. The Hall–Kier alpha value is -1.87. The van der Waals surface area contributed by atoms with Crippen LogP contribution in [0, 0.1) is 16.0 Å². The monoisotopic (exact) mass is 301 g/mol. The van der Waals surface area contributed by atoms with Crippen molar-refractivity contribution in [1.29, 1.82) is 0 Å². The first-order valence-electron chi connectivity index (χ1n) is 7.08. The van der Waals surface area contributed by atoms with Gasteiger partial charge in [-0.25, -0.2) is 0 Å². The van der Waals surface area contributed by atoms with Crippen LogP contribution in [0.1, 0.15) is 23.5 Å². The molecule has 2 aromatic rings. The molecule has 4 heteroatoms. The van der Waals surface area contributed by atoms with Gasteiger partial charge >= 0.3 is 0 Å². The third-order valence-electron chi connectivity index (χ3n) is 4.14. The molecule has 0 spiro atoms. The first-order chi connectivity index (χ1) is 10.2. The van der Waals surface area contributed by atoms with Crippen LogP contribution in [0.15, 0.2) is 54.6 Å². The molecule has 21 heavy (non-hydrogen) atoms. The number of para-hydroxylation sites is 1.